The Morgan fingerprint density at radius 3 is 2.64 bits per heavy atom. The van der Waals surface area contributed by atoms with Crippen LogP contribution in [0.1, 0.15) is 5.56 Å². The third-order valence-electron chi connectivity index (χ3n) is 3.72. The van der Waals surface area contributed by atoms with Crippen LogP contribution < -0.4 is 22.3 Å². The molecule has 6 heteroatoms. The molecule has 130 valence electrons. The van der Waals surface area contributed by atoms with Crippen molar-refractivity contribution in [3.63, 3.8) is 0 Å². The van der Waals surface area contributed by atoms with Gasteiger partial charge in [-0.05, 0) is 36.8 Å². The van der Waals surface area contributed by atoms with E-state index < -0.39 is 0 Å². The molecular formula is C19H17Cl3N2S. The standard InChI is InChI=1S/C19H16Cl2N2S.ClH/c1-3-10-23-18(15-9-8-14(20)11-16(15)21)12-24-19(23)22-17-7-5-4-6-13(17)2;/h3-9,11-12H,1,10H2,2H3;1H. The van der Waals surface area contributed by atoms with E-state index in [0.717, 1.165) is 22.1 Å². The number of nitrogens with one attached hydrogen (secondary N) is 1. The van der Waals surface area contributed by atoms with Crippen LogP contribution >= 0.6 is 34.5 Å². The Labute approximate surface area is 168 Å². The zero-order valence-corrected chi connectivity index (χ0v) is 16.7. The van der Waals surface area contributed by atoms with Crippen molar-refractivity contribution >= 4 is 45.4 Å². The summed E-state index contributed by atoms with van der Waals surface area (Å²) in [5, 5.41) is 7.91. The summed E-state index contributed by atoms with van der Waals surface area (Å²) < 4.78 is 2.17. The predicted octanol–water partition coefficient (Wildman–Crippen LogP) is 3.25. The molecule has 2 nitrogen and oxygen atoms in total. The van der Waals surface area contributed by atoms with Crippen molar-refractivity contribution in [2.75, 3.05) is 5.32 Å². The maximum Gasteiger partial charge on any atom is 0.339 e. The molecule has 0 amide bonds. The van der Waals surface area contributed by atoms with Crippen molar-refractivity contribution in [2.45, 2.75) is 13.5 Å². The van der Waals surface area contributed by atoms with Gasteiger partial charge in [0, 0.05) is 16.0 Å². The quantitative estimate of drug-likeness (QED) is 0.503. The lowest BCUT2D eigenvalue weighted by molar-refractivity contribution is -0.657. The zero-order valence-electron chi connectivity index (χ0n) is 13.6. The van der Waals surface area contributed by atoms with E-state index >= 15 is 0 Å². The Balaban J connectivity index is 0.00000225. The second-order valence-corrected chi connectivity index (χ2v) is 7.09. The van der Waals surface area contributed by atoms with Gasteiger partial charge in [-0.3, -0.25) is 0 Å². The normalized spacial score (nSPS) is 10.2. The molecule has 0 bridgehead atoms. The van der Waals surface area contributed by atoms with Gasteiger partial charge in [0.05, 0.1) is 5.02 Å². The third-order valence-corrected chi connectivity index (χ3v) is 5.16. The Morgan fingerprint density at radius 1 is 1.20 bits per heavy atom. The van der Waals surface area contributed by atoms with Gasteiger partial charge in [0.15, 0.2) is 0 Å². The molecular weight excluding hydrogens is 395 g/mol. The summed E-state index contributed by atoms with van der Waals surface area (Å²) in [4.78, 5) is 0. The van der Waals surface area contributed by atoms with E-state index in [1.54, 1.807) is 17.4 Å². The van der Waals surface area contributed by atoms with E-state index in [1.807, 2.05) is 30.3 Å². The minimum atomic E-state index is 0. The average molecular weight is 412 g/mol. The summed E-state index contributed by atoms with van der Waals surface area (Å²) in [6.07, 6.45) is 1.88. The van der Waals surface area contributed by atoms with Crippen molar-refractivity contribution in [3.8, 4) is 11.3 Å². The summed E-state index contributed by atoms with van der Waals surface area (Å²) in [6, 6.07) is 13.8. The molecule has 0 spiro atoms. The monoisotopic (exact) mass is 410 g/mol. The SMILES string of the molecule is C=CC[n+]1c(-c2ccc(Cl)cc2Cl)csc1Nc1ccccc1C.[Cl-]. The molecule has 0 aliphatic carbocycles. The summed E-state index contributed by atoms with van der Waals surface area (Å²) in [5.74, 6) is 0. The van der Waals surface area contributed by atoms with Crippen LogP contribution in [0.2, 0.25) is 10.0 Å². The minimum absolute atomic E-state index is 0. The molecule has 0 aliphatic rings. The van der Waals surface area contributed by atoms with Crippen LogP contribution in [0.3, 0.4) is 0 Å². The summed E-state index contributed by atoms with van der Waals surface area (Å²) in [7, 11) is 0. The maximum absolute atomic E-state index is 6.39. The number of benzene rings is 2. The predicted molar refractivity (Wildman–Crippen MR) is 105 cm³/mol. The molecule has 1 heterocycles. The number of halogens is 3. The molecule has 3 aromatic rings. The number of rotatable bonds is 5. The van der Waals surface area contributed by atoms with Gasteiger partial charge in [-0.25, -0.2) is 9.88 Å². The number of nitrogens with zero attached hydrogens (tertiary/aromatic N) is 1. The molecule has 3 rings (SSSR count). The van der Waals surface area contributed by atoms with Gasteiger partial charge in [0.1, 0.15) is 17.9 Å². The number of aryl methyl sites for hydroxylation is 1. The first-order valence-corrected chi connectivity index (χ1v) is 9.14. The van der Waals surface area contributed by atoms with Crippen LogP contribution in [0.25, 0.3) is 11.3 Å². The molecule has 0 fully saturated rings. The molecule has 0 atom stereocenters. The van der Waals surface area contributed by atoms with Gasteiger partial charge in [-0.2, -0.15) is 0 Å². The number of hydrogen-bond donors (Lipinski definition) is 1. The molecule has 0 saturated carbocycles. The van der Waals surface area contributed by atoms with E-state index in [-0.39, 0.29) is 12.4 Å². The van der Waals surface area contributed by atoms with Gasteiger partial charge in [-0.15, -0.1) is 0 Å². The van der Waals surface area contributed by atoms with Crippen molar-refractivity contribution in [3.05, 3.63) is 76.1 Å². The van der Waals surface area contributed by atoms with Gasteiger partial charge >= 0.3 is 5.13 Å². The highest BCUT2D eigenvalue weighted by molar-refractivity contribution is 7.13. The van der Waals surface area contributed by atoms with Gasteiger partial charge in [0.25, 0.3) is 0 Å². The summed E-state index contributed by atoms with van der Waals surface area (Å²) >= 11 is 14.0. The Morgan fingerprint density at radius 2 is 1.96 bits per heavy atom. The number of aromatic nitrogens is 1. The molecule has 0 saturated heterocycles. The molecule has 1 aromatic heterocycles. The lowest BCUT2D eigenvalue weighted by atomic mass is 10.1. The van der Waals surface area contributed by atoms with Gasteiger partial charge in [-0.1, -0.05) is 65.4 Å². The number of thiazole rings is 1. The highest BCUT2D eigenvalue weighted by Crippen LogP contribution is 2.32. The second kappa shape index (κ2) is 8.72. The van der Waals surface area contributed by atoms with E-state index in [9.17, 15) is 0 Å². The molecule has 25 heavy (non-hydrogen) atoms. The smallest absolute Gasteiger partial charge is 0.339 e. The lowest BCUT2D eigenvalue weighted by Gasteiger charge is -2.07. The van der Waals surface area contributed by atoms with Crippen LogP contribution in [0.4, 0.5) is 10.8 Å². The summed E-state index contributed by atoms with van der Waals surface area (Å²) in [5.41, 5.74) is 4.28. The van der Waals surface area contributed by atoms with Crippen molar-refractivity contribution in [1.29, 1.82) is 0 Å². The fraction of sp³-hybridized carbons (Fsp3) is 0.105. The highest BCUT2D eigenvalue weighted by Gasteiger charge is 2.21. The topological polar surface area (TPSA) is 15.9 Å². The molecule has 0 aliphatic heterocycles. The number of allylic oxidation sites excluding steroid dienone is 1. The average Bonchev–Trinajstić information content (AvgIpc) is 2.93. The highest BCUT2D eigenvalue weighted by atomic mass is 35.5. The Hall–Kier alpha value is -1.52. The Bertz CT molecular complexity index is 890. The molecule has 0 radical (unpaired) electrons. The van der Waals surface area contributed by atoms with Crippen molar-refractivity contribution in [1.82, 2.24) is 0 Å². The maximum atomic E-state index is 6.39. The third kappa shape index (κ3) is 4.36. The summed E-state index contributed by atoms with van der Waals surface area (Å²) in [6.45, 7) is 6.65. The van der Waals surface area contributed by atoms with Crippen LogP contribution in [-0.4, -0.2) is 0 Å². The van der Waals surface area contributed by atoms with Crippen LogP contribution in [0.5, 0.6) is 0 Å². The van der Waals surface area contributed by atoms with Gasteiger partial charge in [0.2, 0.25) is 0 Å². The number of para-hydroxylation sites is 1. The first-order chi connectivity index (χ1) is 11.6. The first-order valence-electron chi connectivity index (χ1n) is 7.50. The van der Waals surface area contributed by atoms with E-state index in [4.69, 9.17) is 23.2 Å². The number of anilines is 2. The zero-order chi connectivity index (χ0) is 17.1. The molecule has 2 aromatic carbocycles. The van der Waals surface area contributed by atoms with E-state index in [0.29, 0.717) is 16.6 Å². The Kier molecular flexibility index (Phi) is 6.91. The first kappa shape index (κ1) is 19.8. The van der Waals surface area contributed by atoms with E-state index in [1.165, 1.54) is 5.56 Å². The molecule has 0 unspecified atom stereocenters. The van der Waals surface area contributed by atoms with Crippen molar-refractivity contribution in [2.24, 2.45) is 0 Å². The fourth-order valence-corrected chi connectivity index (χ4v) is 3.94. The second-order valence-electron chi connectivity index (χ2n) is 5.39. The fourth-order valence-electron chi connectivity index (χ4n) is 2.49. The lowest BCUT2D eigenvalue weighted by Crippen LogP contribution is -3.00. The number of hydrogen-bond acceptors (Lipinski definition) is 2. The van der Waals surface area contributed by atoms with E-state index in [2.05, 4.69) is 40.9 Å². The minimum Gasteiger partial charge on any atom is -1.00 e. The van der Waals surface area contributed by atoms with Crippen molar-refractivity contribution < 1.29 is 17.0 Å². The van der Waals surface area contributed by atoms with Gasteiger partial charge < -0.3 is 12.4 Å². The van der Waals surface area contributed by atoms with Crippen LogP contribution in [-0.2, 0) is 6.54 Å². The van der Waals surface area contributed by atoms with Crippen LogP contribution in [0, 0.1) is 6.92 Å². The largest absolute Gasteiger partial charge is 1.00 e. The van der Waals surface area contributed by atoms with Crippen LogP contribution in [0.15, 0.2) is 60.5 Å². The molecule has 1 N–H and O–H groups in total.